The molecule has 1 aliphatic heterocycles. The highest BCUT2D eigenvalue weighted by atomic mass is 32.1. The molecule has 2 fully saturated rings. The molecule has 2 heterocycles. The van der Waals surface area contributed by atoms with E-state index in [0.29, 0.717) is 31.7 Å². The lowest BCUT2D eigenvalue weighted by Crippen LogP contribution is -2.54. The normalized spacial score (nSPS) is 27.1. The average Bonchev–Trinajstić information content (AvgIpc) is 3.02. The molecule has 1 aliphatic carbocycles. The lowest BCUT2D eigenvalue weighted by atomic mass is 9.64. The van der Waals surface area contributed by atoms with Crippen LogP contribution in [0.3, 0.4) is 0 Å². The van der Waals surface area contributed by atoms with Crippen molar-refractivity contribution in [2.75, 3.05) is 13.1 Å². The smallest absolute Gasteiger partial charge is 0.325 e. The van der Waals surface area contributed by atoms with Crippen molar-refractivity contribution in [3.05, 3.63) is 16.1 Å². The van der Waals surface area contributed by atoms with Gasteiger partial charge in [-0.2, -0.15) is 0 Å². The number of imide groups is 1. The number of urea groups is 1. The van der Waals surface area contributed by atoms with Crippen LogP contribution in [-0.4, -0.2) is 46.4 Å². The molecular formula is C19H28N4O3S. The molecule has 0 aromatic carbocycles. The summed E-state index contributed by atoms with van der Waals surface area (Å²) >= 11 is 1.57. The standard InChI is InChI=1S/C19H28N4O3S/c1-12-7-18(3,4)11-19(8-12)16(25)23(17(26)22-19)9-15(24)20-6-5-14-10-27-13(2)21-14/h10,12H,5-9,11H2,1-4H3,(H,20,24)(H,22,26)/t12-,19+/m1/s1. The lowest BCUT2D eigenvalue weighted by Gasteiger charge is -2.43. The Morgan fingerprint density at radius 2 is 2.15 bits per heavy atom. The SMILES string of the molecule is Cc1nc(CCNC(=O)CN2C(=O)N[C@]3(C[C@H](C)CC(C)(C)C3)C2=O)cs1. The maximum atomic E-state index is 13.0. The van der Waals surface area contributed by atoms with Crippen LogP contribution < -0.4 is 10.6 Å². The van der Waals surface area contributed by atoms with Crippen LogP contribution in [0.15, 0.2) is 5.38 Å². The summed E-state index contributed by atoms with van der Waals surface area (Å²) in [6, 6.07) is -0.463. The highest BCUT2D eigenvalue weighted by Crippen LogP contribution is 2.46. The number of carbonyl (C=O) groups excluding carboxylic acids is 3. The molecule has 2 N–H and O–H groups in total. The number of hydrogen-bond acceptors (Lipinski definition) is 5. The van der Waals surface area contributed by atoms with E-state index < -0.39 is 11.6 Å². The molecule has 0 unspecified atom stereocenters. The summed E-state index contributed by atoms with van der Waals surface area (Å²) in [7, 11) is 0. The number of amides is 4. The zero-order valence-electron chi connectivity index (χ0n) is 16.4. The number of nitrogens with zero attached hydrogens (tertiary/aromatic N) is 2. The molecule has 2 aliphatic rings. The summed E-state index contributed by atoms with van der Waals surface area (Å²) in [5.41, 5.74) is 0.0476. The molecule has 1 spiro atoms. The van der Waals surface area contributed by atoms with Gasteiger partial charge in [0, 0.05) is 18.3 Å². The molecule has 1 aromatic rings. The molecule has 1 saturated carbocycles. The summed E-state index contributed by atoms with van der Waals surface area (Å²) in [5, 5.41) is 8.63. The van der Waals surface area contributed by atoms with Gasteiger partial charge in [-0.15, -0.1) is 11.3 Å². The number of thiazole rings is 1. The van der Waals surface area contributed by atoms with Crippen LogP contribution in [0, 0.1) is 18.3 Å². The first-order valence-electron chi connectivity index (χ1n) is 9.42. The molecule has 1 aromatic heterocycles. The van der Waals surface area contributed by atoms with Gasteiger partial charge < -0.3 is 10.6 Å². The number of aromatic nitrogens is 1. The molecule has 0 radical (unpaired) electrons. The zero-order chi connectivity index (χ0) is 19.8. The number of carbonyl (C=O) groups is 3. The van der Waals surface area contributed by atoms with Gasteiger partial charge in [0.1, 0.15) is 12.1 Å². The first-order chi connectivity index (χ1) is 12.6. The fourth-order valence-corrected chi connectivity index (χ4v) is 5.35. The Kier molecular flexibility index (Phi) is 5.29. The molecule has 8 heteroatoms. The monoisotopic (exact) mass is 392 g/mol. The Bertz CT molecular complexity index is 760. The molecule has 148 valence electrons. The second-order valence-electron chi connectivity index (χ2n) is 8.72. The zero-order valence-corrected chi connectivity index (χ0v) is 17.2. The predicted molar refractivity (Wildman–Crippen MR) is 103 cm³/mol. The minimum Gasteiger partial charge on any atom is -0.354 e. The van der Waals surface area contributed by atoms with Crippen molar-refractivity contribution in [1.82, 2.24) is 20.5 Å². The second kappa shape index (κ2) is 7.22. The van der Waals surface area contributed by atoms with Crippen molar-refractivity contribution in [3.8, 4) is 0 Å². The third-order valence-corrected chi connectivity index (χ3v) is 6.12. The fraction of sp³-hybridized carbons (Fsp3) is 0.684. The van der Waals surface area contributed by atoms with Gasteiger partial charge in [-0.1, -0.05) is 20.8 Å². The van der Waals surface area contributed by atoms with Crippen LogP contribution in [0.2, 0.25) is 0 Å². The molecule has 0 bridgehead atoms. The molecule has 27 heavy (non-hydrogen) atoms. The Hall–Kier alpha value is -1.96. The molecule has 7 nitrogen and oxygen atoms in total. The Morgan fingerprint density at radius 3 is 2.78 bits per heavy atom. The fourth-order valence-electron chi connectivity index (χ4n) is 4.70. The van der Waals surface area contributed by atoms with E-state index in [1.54, 1.807) is 11.3 Å². The van der Waals surface area contributed by atoms with Crippen molar-refractivity contribution in [3.63, 3.8) is 0 Å². The van der Waals surface area contributed by atoms with E-state index in [9.17, 15) is 14.4 Å². The largest absolute Gasteiger partial charge is 0.354 e. The first-order valence-corrected chi connectivity index (χ1v) is 10.3. The van der Waals surface area contributed by atoms with Gasteiger partial charge in [0.25, 0.3) is 5.91 Å². The second-order valence-corrected chi connectivity index (χ2v) is 9.78. The molecule has 1 saturated heterocycles. The minimum atomic E-state index is -0.864. The van der Waals surface area contributed by atoms with Crippen molar-refractivity contribution in [1.29, 1.82) is 0 Å². The molecule has 4 amide bonds. The van der Waals surface area contributed by atoms with Crippen molar-refractivity contribution < 1.29 is 14.4 Å². The lowest BCUT2D eigenvalue weighted by molar-refractivity contribution is -0.137. The summed E-state index contributed by atoms with van der Waals surface area (Å²) in [5.74, 6) is -0.253. The topological polar surface area (TPSA) is 91.4 Å². The van der Waals surface area contributed by atoms with E-state index in [1.165, 1.54) is 0 Å². The molecular weight excluding hydrogens is 364 g/mol. The van der Waals surface area contributed by atoms with Crippen molar-refractivity contribution in [2.24, 2.45) is 11.3 Å². The molecule has 2 atom stereocenters. The summed E-state index contributed by atoms with van der Waals surface area (Å²) < 4.78 is 0. The van der Waals surface area contributed by atoms with E-state index in [4.69, 9.17) is 0 Å². The average molecular weight is 393 g/mol. The summed E-state index contributed by atoms with van der Waals surface area (Å²) in [4.78, 5) is 43.1. The first kappa shape index (κ1) is 19.8. The highest BCUT2D eigenvalue weighted by molar-refractivity contribution is 7.09. The number of nitrogens with one attached hydrogen (secondary N) is 2. The van der Waals surface area contributed by atoms with Crippen LogP contribution in [0.25, 0.3) is 0 Å². The summed E-state index contributed by atoms with van der Waals surface area (Å²) in [6.07, 6.45) is 2.89. The van der Waals surface area contributed by atoms with Gasteiger partial charge in [-0.3, -0.25) is 14.5 Å². The van der Waals surface area contributed by atoms with Crippen LogP contribution in [-0.2, 0) is 16.0 Å². The quantitative estimate of drug-likeness (QED) is 0.752. The Balaban J connectivity index is 1.57. The van der Waals surface area contributed by atoms with Gasteiger partial charge in [-0.25, -0.2) is 9.78 Å². The molecule has 3 rings (SSSR count). The van der Waals surface area contributed by atoms with E-state index in [2.05, 4.69) is 36.4 Å². The van der Waals surface area contributed by atoms with Crippen LogP contribution >= 0.6 is 11.3 Å². The summed E-state index contributed by atoms with van der Waals surface area (Å²) in [6.45, 7) is 8.49. The van der Waals surface area contributed by atoms with E-state index in [-0.39, 0.29) is 23.8 Å². The highest BCUT2D eigenvalue weighted by Gasteiger charge is 2.56. The van der Waals surface area contributed by atoms with Gasteiger partial charge in [0.05, 0.1) is 10.7 Å². The predicted octanol–water partition coefficient (Wildman–Crippen LogP) is 2.25. The third-order valence-electron chi connectivity index (χ3n) is 5.30. The van der Waals surface area contributed by atoms with Crippen LogP contribution in [0.4, 0.5) is 4.79 Å². The number of hydrogen-bond donors (Lipinski definition) is 2. The van der Waals surface area contributed by atoms with Gasteiger partial charge in [0.2, 0.25) is 5.91 Å². The maximum Gasteiger partial charge on any atom is 0.325 e. The van der Waals surface area contributed by atoms with Gasteiger partial charge in [0.15, 0.2) is 0 Å². The van der Waals surface area contributed by atoms with E-state index in [0.717, 1.165) is 22.0 Å². The van der Waals surface area contributed by atoms with E-state index >= 15 is 0 Å². The van der Waals surface area contributed by atoms with Crippen LogP contribution in [0.1, 0.15) is 50.7 Å². The Morgan fingerprint density at radius 1 is 1.41 bits per heavy atom. The minimum absolute atomic E-state index is 0.0233. The van der Waals surface area contributed by atoms with E-state index in [1.807, 2.05) is 12.3 Å². The van der Waals surface area contributed by atoms with Crippen molar-refractivity contribution >= 4 is 29.2 Å². The number of aryl methyl sites for hydroxylation is 1. The van der Waals surface area contributed by atoms with Crippen LogP contribution in [0.5, 0.6) is 0 Å². The van der Waals surface area contributed by atoms with Crippen molar-refractivity contribution in [2.45, 2.75) is 58.9 Å². The Labute approximate surface area is 163 Å². The number of rotatable bonds is 5. The maximum absolute atomic E-state index is 13.0. The van der Waals surface area contributed by atoms with Gasteiger partial charge in [-0.05, 0) is 37.5 Å². The van der Waals surface area contributed by atoms with Gasteiger partial charge >= 0.3 is 6.03 Å². The third kappa shape index (κ3) is 4.31.